The summed E-state index contributed by atoms with van der Waals surface area (Å²) >= 11 is 0. The number of para-hydroxylation sites is 1. The zero-order chi connectivity index (χ0) is 18.6. The van der Waals surface area contributed by atoms with Gasteiger partial charge in [-0.1, -0.05) is 31.5 Å². The first kappa shape index (κ1) is 17.5. The predicted molar refractivity (Wildman–Crippen MR) is 105 cm³/mol. The molecule has 0 bridgehead atoms. The number of nitrogens with zero attached hydrogens (tertiary/aromatic N) is 3. The first-order valence-corrected chi connectivity index (χ1v) is 9.62. The molecule has 27 heavy (non-hydrogen) atoms. The highest BCUT2D eigenvalue weighted by atomic mass is 16.1. The lowest BCUT2D eigenvalue weighted by Gasteiger charge is -2.10. The monoisotopic (exact) mass is 360 g/mol. The van der Waals surface area contributed by atoms with E-state index in [9.17, 15) is 4.79 Å². The molecule has 0 saturated heterocycles. The SMILES string of the molecule is CCCc1c(C(=O)NCc2ccncc2)c(C2CC2)nn1-c1ccccc1. The normalized spacial score (nSPS) is 13.5. The summed E-state index contributed by atoms with van der Waals surface area (Å²) in [6.45, 7) is 2.63. The van der Waals surface area contributed by atoms with E-state index in [2.05, 4.69) is 17.2 Å². The van der Waals surface area contributed by atoms with E-state index in [0.717, 1.165) is 53.9 Å². The average molecular weight is 360 g/mol. The van der Waals surface area contributed by atoms with E-state index in [-0.39, 0.29) is 5.91 Å². The lowest BCUT2D eigenvalue weighted by Crippen LogP contribution is -2.25. The van der Waals surface area contributed by atoms with Crippen molar-refractivity contribution in [2.24, 2.45) is 0 Å². The molecule has 5 nitrogen and oxygen atoms in total. The molecule has 1 amide bonds. The summed E-state index contributed by atoms with van der Waals surface area (Å²) in [4.78, 5) is 17.2. The van der Waals surface area contributed by atoms with Crippen LogP contribution in [0.25, 0.3) is 5.69 Å². The maximum atomic E-state index is 13.1. The Balaban J connectivity index is 1.69. The first-order valence-electron chi connectivity index (χ1n) is 9.62. The van der Waals surface area contributed by atoms with Crippen LogP contribution in [-0.2, 0) is 13.0 Å². The van der Waals surface area contributed by atoms with Crippen molar-refractivity contribution >= 4 is 5.91 Å². The van der Waals surface area contributed by atoms with Crippen molar-refractivity contribution in [3.8, 4) is 5.69 Å². The van der Waals surface area contributed by atoms with Gasteiger partial charge in [0.25, 0.3) is 5.91 Å². The molecule has 0 unspecified atom stereocenters. The quantitative estimate of drug-likeness (QED) is 0.692. The highest BCUT2D eigenvalue weighted by Gasteiger charge is 2.34. The second-order valence-electron chi connectivity index (χ2n) is 7.02. The fourth-order valence-electron chi connectivity index (χ4n) is 3.38. The van der Waals surface area contributed by atoms with Crippen LogP contribution in [0, 0.1) is 0 Å². The smallest absolute Gasteiger partial charge is 0.255 e. The van der Waals surface area contributed by atoms with Crippen molar-refractivity contribution in [3.05, 3.63) is 77.4 Å². The van der Waals surface area contributed by atoms with Gasteiger partial charge in [0, 0.05) is 24.9 Å². The number of pyridine rings is 1. The largest absolute Gasteiger partial charge is 0.348 e. The van der Waals surface area contributed by atoms with Crippen LogP contribution in [0.2, 0.25) is 0 Å². The standard InChI is InChI=1S/C22H24N4O/c1-2-6-19-20(22(27)24-15-16-11-13-23-14-12-16)21(17-9-10-17)25-26(19)18-7-4-3-5-8-18/h3-5,7-8,11-14,17H,2,6,9-10,15H2,1H3,(H,24,27). The van der Waals surface area contributed by atoms with Gasteiger partial charge in [-0.2, -0.15) is 5.10 Å². The van der Waals surface area contributed by atoms with Gasteiger partial charge in [-0.3, -0.25) is 9.78 Å². The van der Waals surface area contributed by atoms with Gasteiger partial charge in [0.2, 0.25) is 0 Å². The molecule has 1 N–H and O–H groups in total. The van der Waals surface area contributed by atoms with Gasteiger partial charge in [-0.25, -0.2) is 4.68 Å². The van der Waals surface area contributed by atoms with Gasteiger partial charge in [0.1, 0.15) is 0 Å². The number of amides is 1. The minimum Gasteiger partial charge on any atom is -0.348 e. The number of benzene rings is 1. The minimum atomic E-state index is -0.0284. The molecule has 5 heteroatoms. The second kappa shape index (κ2) is 7.74. The van der Waals surface area contributed by atoms with Crippen LogP contribution in [0.5, 0.6) is 0 Å². The summed E-state index contributed by atoms with van der Waals surface area (Å²) < 4.78 is 1.97. The summed E-state index contributed by atoms with van der Waals surface area (Å²) in [7, 11) is 0. The van der Waals surface area contributed by atoms with Crippen LogP contribution in [0.1, 0.15) is 59.4 Å². The molecule has 3 aromatic rings. The molecule has 1 aromatic carbocycles. The third kappa shape index (κ3) is 3.77. The summed E-state index contributed by atoms with van der Waals surface area (Å²) in [6, 6.07) is 13.9. The predicted octanol–water partition coefficient (Wildman–Crippen LogP) is 4.03. The van der Waals surface area contributed by atoms with Crippen molar-refractivity contribution in [1.82, 2.24) is 20.1 Å². The number of carbonyl (C=O) groups is 1. The van der Waals surface area contributed by atoms with Crippen molar-refractivity contribution in [3.63, 3.8) is 0 Å². The molecule has 1 aliphatic carbocycles. The average Bonchev–Trinajstić information content (AvgIpc) is 3.49. The van der Waals surface area contributed by atoms with E-state index in [4.69, 9.17) is 5.10 Å². The number of aromatic nitrogens is 3. The third-order valence-corrected chi connectivity index (χ3v) is 4.89. The van der Waals surface area contributed by atoms with E-state index in [1.54, 1.807) is 12.4 Å². The van der Waals surface area contributed by atoms with Gasteiger partial charge in [0.15, 0.2) is 0 Å². The van der Waals surface area contributed by atoms with Gasteiger partial charge in [-0.15, -0.1) is 0 Å². The van der Waals surface area contributed by atoms with Gasteiger partial charge >= 0.3 is 0 Å². The minimum absolute atomic E-state index is 0.0284. The highest BCUT2D eigenvalue weighted by molar-refractivity contribution is 5.97. The Morgan fingerprint density at radius 2 is 1.89 bits per heavy atom. The molecule has 0 aliphatic heterocycles. The molecule has 2 heterocycles. The molecule has 138 valence electrons. The summed E-state index contributed by atoms with van der Waals surface area (Å²) in [6.07, 6.45) is 7.50. The fourth-order valence-corrected chi connectivity index (χ4v) is 3.38. The zero-order valence-electron chi connectivity index (χ0n) is 15.6. The molecular formula is C22H24N4O. The van der Waals surface area contributed by atoms with E-state index in [0.29, 0.717) is 12.5 Å². The van der Waals surface area contributed by atoms with Crippen molar-refractivity contribution < 1.29 is 4.79 Å². The molecule has 0 spiro atoms. The molecule has 4 rings (SSSR count). The van der Waals surface area contributed by atoms with E-state index in [1.165, 1.54) is 0 Å². The Kier molecular flexibility index (Phi) is 5.01. The number of hydrogen-bond acceptors (Lipinski definition) is 3. The lowest BCUT2D eigenvalue weighted by molar-refractivity contribution is 0.0949. The van der Waals surface area contributed by atoms with Crippen LogP contribution in [0.4, 0.5) is 0 Å². The Morgan fingerprint density at radius 1 is 1.15 bits per heavy atom. The summed E-state index contributed by atoms with van der Waals surface area (Å²) in [5.74, 6) is 0.381. The van der Waals surface area contributed by atoms with Crippen molar-refractivity contribution in [2.45, 2.75) is 45.1 Å². The molecule has 2 aromatic heterocycles. The Morgan fingerprint density at radius 3 is 2.56 bits per heavy atom. The van der Waals surface area contributed by atoms with Crippen LogP contribution in [0.15, 0.2) is 54.9 Å². The van der Waals surface area contributed by atoms with Gasteiger partial charge in [-0.05, 0) is 49.1 Å². The highest BCUT2D eigenvalue weighted by Crippen LogP contribution is 2.42. The van der Waals surface area contributed by atoms with Crippen LogP contribution in [0.3, 0.4) is 0 Å². The number of nitrogens with one attached hydrogen (secondary N) is 1. The van der Waals surface area contributed by atoms with Crippen molar-refractivity contribution in [2.75, 3.05) is 0 Å². The first-order chi connectivity index (χ1) is 13.3. The Bertz CT molecular complexity index is 914. The summed E-state index contributed by atoms with van der Waals surface area (Å²) in [5, 5.41) is 7.96. The molecular weight excluding hydrogens is 336 g/mol. The molecule has 0 radical (unpaired) electrons. The third-order valence-electron chi connectivity index (χ3n) is 4.89. The maximum Gasteiger partial charge on any atom is 0.255 e. The fraction of sp³-hybridized carbons (Fsp3) is 0.318. The summed E-state index contributed by atoms with van der Waals surface area (Å²) in [5.41, 5.74) is 4.79. The van der Waals surface area contributed by atoms with Crippen LogP contribution >= 0.6 is 0 Å². The number of rotatable bonds is 7. The Labute approximate surface area is 159 Å². The lowest BCUT2D eigenvalue weighted by atomic mass is 10.1. The molecule has 1 saturated carbocycles. The van der Waals surface area contributed by atoms with E-state index >= 15 is 0 Å². The van der Waals surface area contributed by atoms with E-state index < -0.39 is 0 Å². The molecule has 1 fully saturated rings. The van der Waals surface area contributed by atoms with E-state index in [1.807, 2.05) is 47.1 Å². The van der Waals surface area contributed by atoms with Crippen LogP contribution < -0.4 is 5.32 Å². The molecule has 0 atom stereocenters. The number of hydrogen-bond donors (Lipinski definition) is 1. The number of carbonyl (C=O) groups excluding carboxylic acids is 1. The van der Waals surface area contributed by atoms with Gasteiger partial charge < -0.3 is 5.32 Å². The van der Waals surface area contributed by atoms with Crippen molar-refractivity contribution in [1.29, 1.82) is 0 Å². The molecule has 1 aliphatic rings. The van der Waals surface area contributed by atoms with Crippen LogP contribution in [-0.4, -0.2) is 20.7 Å². The zero-order valence-corrected chi connectivity index (χ0v) is 15.6. The maximum absolute atomic E-state index is 13.1. The topological polar surface area (TPSA) is 59.8 Å². The Hall–Kier alpha value is -2.95. The second-order valence-corrected chi connectivity index (χ2v) is 7.02. The van der Waals surface area contributed by atoms with Gasteiger partial charge in [0.05, 0.1) is 22.6 Å².